The zero-order chi connectivity index (χ0) is 7.52. The molecule has 0 bridgehead atoms. The monoisotopic (exact) mass is 191 g/mol. The van der Waals surface area contributed by atoms with Crippen LogP contribution in [0.4, 0.5) is 0 Å². The molecule has 0 saturated carbocycles. The van der Waals surface area contributed by atoms with Crippen LogP contribution in [-0.4, -0.2) is 26.3 Å². The van der Waals surface area contributed by atoms with Crippen LogP contribution in [-0.2, 0) is 4.74 Å². The van der Waals surface area contributed by atoms with E-state index in [4.69, 9.17) is 4.74 Å². The minimum Gasteiger partial charge on any atom is -0.381 e. The minimum atomic E-state index is 0. The SMILES string of the molecule is C1CC(CC2CCOC2)CN1.Cl. The van der Waals surface area contributed by atoms with Crippen molar-refractivity contribution in [3.8, 4) is 0 Å². The van der Waals surface area contributed by atoms with Gasteiger partial charge in [0.1, 0.15) is 0 Å². The molecular formula is C9H18ClNO. The number of nitrogens with one attached hydrogen (secondary N) is 1. The fraction of sp³-hybridized carbons (Fsp3) is 1.00. The smallest absolute Gasteiger partial charge is 0.0495 e. The molecule has 2 unspecified atom stereocenters. The number of rotatable bonds is 2. The van der Waals surface area contributed by atoms with Crippen LogP contribution in [0.15, 0.2) is 0 Å². The quantitative estimate of drug-likeness (QED) is 0.714. The normalized spacial score (nSPS) is 35.0. The zero-order valence-corrected chi connectivity index (χ0v) is 8.24. The molecule has 0 aromatic carbocycles. The molecule has 2 atom stereocenters. The average molecular weight is 192 g/mol. The van der Waals surface area contributed by atoms with E-state index < -0.39 is 0 Å². The standard InChI is InChI=1S/C9H17NO.ClH/c1-3-10-6-8(1)5-9-2-4-11-7-9;/h8-10H,1-7H2;1H. The van der Waals surface area contributed by atoms with Gasteiger partial charge in [0.25, 0.3) is 0 Å². The van der Waals surface area contributed by atoms with Crippen LogP contribution in [0.1, 0.15) is 19.3 Å². The van der Waals surface area contributed by atoms with Crippen LogP contribution in [0.25, 0.3) is 0 Å². The van der Waals surface area contributed by atoms with Crippen LogP contribution < -0.4 is 5.32 Å². The van der Waals surface area contributed by atoms with Gasteiger partial charge < -0.3 is 10.1 Å². The number of ether oxygens (including phenoxy) is 1. The Morgan fingerprint density at radius 1 is 1.25 bits per heavy atom. The third-order valence-electron chi connectivity index (χ3n) is 2.85. The average Bonchev–Trinajstić information content (AvgIpc) is 2.60. The van der Waals surface area contributed by atoms with Crippen molar-refractivity contribution in [2.75, 3.05) is 26.3 Å². The molecule has 0 aromatic heterocycles. The summed E-state index contributed by atoms with van der Waals surface area (Å²) in [5.41, 5.74) is 0. The van der Waals surface area contributed by atoms with Gasteiger partial charge in [-0.1, -0.05) is 0 Å². The number of halogens is 1. The van der Waals surface area contributed by atoms with Gasteiger partial charge >= 0.3 is 0 Å². The van der Waals surface area contributed by atoms with Gasteiger partial charge in [-0.3, -0.25) is 0 Å². The summed E-state index contributed by atoms with van der Waals surface area (Å²) in [5, 5.41) is 3.41. The van der Waals surface area contributed by atoms with E-state index in [2.05, 4.69) is 5.32 Å². The molecule has 2 aliphatic heterocycles. The molecule has 0 radical (unpaired) electrons. The van der Waals surface area contributed by atoms with E-state index >= 15 is 0 Å². The topological polar surface area (TPSA) is 21.3 Å². The van der Waals surface area contributed by atoms with Crippen molar-refractivity contribution in [3.63, 3.8) is 0 Å². The summed E-state index contributed by atoms with van der Waals surface area (Å²) >= 11 is 0. The summed E-state index contributed by atoms with van der Waals surface area (Å²) in [6, 6.07) is 0. The van der Waals surface area contributed by atoms with Crippen LogP contribution in [0.3, 0.4) is 0 Å². The molecule has 12 heavy (non-hydrogen) atoms. The van der Waals surface area contributed by atoms with E-state index in [1.54, 1.807) is 0 Å². The summed E-state index contributed by atoms with van der Waals surface area (Å²) in [7, 11) is 0. The minimum absolute atomic E-state index is 0. The molecule has 72 valence electrons. The van der Waals surface area contributed by atoms with Crippen molar-refractivity contribution in [2.45, 2.75) is 19.3 Å². The molecule has 2 heterocycles. The van der Waals surface area contributed by atoms with Gasteiger partial charge in [-0.25, -0.2) is 0 Å². The van der Waals surface area contributed by atoms with Gasteiger partial charge in [-0.2, -0.15) is 0 Å². The van der Waals surface area contributed by atoms with Crippen LogP contribution in [0.2, 0.25) is 0 Å². The second-order valence-electron chi connectivity index (χ2n) is 3.82. The van der Waals surface area contributed by atoms with Crippen molar-refractivity contribution < 1.29 is 4.74 Å². The van der Waals surface area contributed by atoms with Crippen molar-refractivity contribution in [1.29, 1.82) is 0 Å². The summed E-state index contributed by atoms with van der Waals surface area (Å²) in [4.78, 5) is 0. The van der Waals surface area contributed by atoms with Gasteiger partial charge in [0, 0.05) is 13.2 Å². The Morgan fingerprint density at radius 2 is 2.17 bits per heavy atom. The van der Waals surface area contributed by atoms with Crippen LogP contribution >= 0.6 is 12.4 Å². The maximum atomic E-state index is 5.35. The molecular weight excluding hydrogens is 174 g/mol. The van der Waals surface area contributed by atoms with E-state index in [0.717, 1.165) is 25.0 Å². The Bertz CT molecular complexity index is 106. The lowest BCUT2D eigenvalue weighted by atomic mass is 9.93. The highest BCUT2D eigenvalue weighted by Crippen LogP contribution is 2.24. The molecule has 2 aliphatic rings. The van der Waals surface area contributed by atoms with E-state index in [1.807, 2.05) is 0 Å². The molecule has 2 fully saturated rings. The highest BCUT2D eigenvalue weighted by Gasteiger charge is 2.22. The molecule has 0 aliphatic carbocycles. The predicted molar refractivity (Wildman–Crippen MR) is 51.8 cm³/mol. The number of hydrogen-bond donors (Lipinski definition) is 1. The first kappa shape index (κ1) is 10.3. The Balaban J connectivity index is 0.000000720. The maximum absolute atomic E-state index is 5.35. The number of hydrogen-bond acceptors (Lipinski definition) is 2. The van der Waals surface area contributed by atoms with Gasteiger partial charge in [0.05, 0.1) is 0 Å². The third-order valence-corrected chi connectivity index (χ3v) is 2.85. The Labute approximate surface area is 80.5 Å². The van der Waals surface area contributed by atoms with Crippen molar-refractivity contribution in [3.05, 3.63) is 0 Å². The molecule has 2 nitrogen and oxygen atoms in total. The molecule has 0 spiro atoms. The summed E-state index contributed by atoms with van der Waals surface area (Å²) in [6.07, 6.45) is 4.08. The van der Waals surface area contributed by atoms with Gasteiger partial charge in [-0.05, 0) is 44.2 Å². The van der Waals surface area contributed by atoms with Gasteiger partial charge in [0.15, 0.2) is 0 Å². The summed E-state index contributed by atoms with van der Waals surface area (Å²) in [6.45, 7) is 4.51. The third kappa shape index (κ3) is 2.61. The molecule has 0 amide bonds. The lowest BCUT2D eigenvalue weighted by Crippen LogP contribution is -2.12. The predicted octanol–water partition coefficient (Wildman–Crippen LogP) is 1.44. The first-order valence-corrected chi connectivity index (χ1v) is 4.73. The lowest BCUT2D eigenvalue weighted by Gasteiger charge is -2.12. The van der Waals surface area contributed by atoms with E-state index in [9.17, 15) is 0 Å². The van der Waals surface area contributed by atoms with Crippen molar-refractivity contribution in [1.82, 2.24) is 5.32 Å². The Hall–Kier alpha value is 0.210. The molecule has 3 heteroatoms. The fourth-order valence-corrected chi connectivity index (χ4v) is 2.16. The fourth-order valence-electron chi connectivity index (χ4n) is 2.16. The first-order valence-electron chi connectivity index (χ1n) is 4.73. The van der Waals surface area contributed by atoms with Gasteiger partial charge in [-0.15, -0.1) is 12.4 Å². The Morgan fingerprint density at radius 3 is 2.75 bits per heavy atom. The first-order chi connectivity index (χ1) is 5.45. The molecule has 0 aromatic rings. The largest absolute Gasteiger partial charge is 0.381 e. The second kappa shape index (κ2) is 5.05. The zero-order valence-electron chi connectivity index (χ0n) is 7.42. The summed E-state index contributed by atoms with van der Waals surface area (Å²) in [5.74, 6) is 1.82. The van der Waals surface area contributed by atoms with Crippen LogP contribution in [0.5, 0.6) is 0 Å². The van der Waals surface area contributed by atoms with Crippen molar-refractivity contribution >= 4 is 12.4 Å². The van der Waals surface area contributed by atoms with Crippen LogP contribution in [0, 0.1) is 11.8 Å². The van der Waals surface area contributed by atoms with Gasteiger partial charge in [0.2, 0.25) is 0 Å². The maximum Gasteiger partial charge on any atom is 0.0495 e. The summed E-state index contributed by atoms with van der Waals surface area (Å²) < 4.78 is 5.35. The molecule has 1 N–H and O–H groups in total. The van der Waals surface area contributed by atoms with E-state index in [0.29, 0.717) is 0 Å². The lowest BCUT2D eigenvalue weighted by molar-refractivity contribution is 0.180. The second-order valence-corrected chi connectivity index (χ2v) is 3.82. The highest BCUT2D eigenvalue weighted by atomic mass is 35.5. The molecule has 2 saturated heterocycles. The van der Waals surface area contributed by atoms with E-state index in [1.165, 1.54) is 32.4 Å². The highest BCUT2D eigenvalue weighted by molar-refractivity contribution is 5.85. The molecule has 2 rings (SSSR count). The van der Waals surface area contributed by atoms with Crippen molar-refractivity contribution in [2.24, 2.45) is 11.8 Å². The Kier molecular flexibility index (Phi) is 4.33. The van der Waals surface area contributed by atoms with E-state index in [-0.39, 0.29) is 12.4 Å².